The minimum Gasteiger partial charge on any atom is -0.389 e. The molecule has 1 aromatic carbocycles. The number of methoxy groups -OCH3 is 1. The third-order valence-electron chi connectivity index (χ3n) is 5.76. The molecule has 1 aliphatic heterocycles. The lowest BCUT2D eigenvalue weighted by Crippen LogP contribution is -2.39. The Bertz CT molecular complexity index is 620. The average Bonchev–Trinajstić information content (AvgIpc) is 2.69. The standard InChI is InChI=1S/C16H21F2N.C6H13NO3/c1-19-11-8-12-4-2-3-5-14(12)15(19)13-6-9-16(17,18)10-7-13;1-10-5-6(9)4-7-2-3-8/h2-5,13,15H,6-11H2,1H3;3,6-7,9H,2,4-5H2,1H3. The minimum atomic E-state index is -2.43. The number of aldehydes is 1. The molecule has 3 rings (SSSR count). The van der Waals surface area contributed by atoms with Gasteiger partial charge in [-0.3, -0.25) is 4.90 Å². The van der Waals surface area contributed by atoms with E-state index in [1.807, 2.05) is 0 Å². The highest BCUT2D eigenvalue weighted by Gasteiger charge is 2.40. The summed E-state index contributed by atoms with van der Waals surface area (Å²) in [5.74, 6) is -2.05. The van der Waals surface area contributed by atoms with Crippen molar-refractivity contribution in [3.63, 3.8) is 0 Å². The van der Waals surface area contributed by atoms with Crippen LogP contribution in [-0.4, -0.2) is 68.7 Å². The van der Waals surface area contributed by atoms with Crippen LogP contribution in [0.15, 0.2) is 24.3 Å². The smallest absolute Gasteiger partial charge is 0.248 e. The summed E-state index contributed by atoms with van der Waals surface area (Å²) in [7, 11) is 3.65. The predicted octanol–water partition coefficient (Wildman–Crippen LogP) is 2.82. The lowest BCUT2D eigenvalue weighted by molar-refractivity contribution is -0.107. The summed E-state index contributed by atoms with van der Waals surface area (Å²) in [6.07, 6.45) is 2.72. The van der Waals surface area contributed by atoms with E-state index in [4.69, 9.17) is 5.11 Å². The van der Waals surface area contributed by atoms with Crippen LogP contribution in [0.1, 0.15) is 42.9 Å². The second-order valence-electron chi connectivity index (χ2n) is 8.00. The normalized spacial score (nSPS) is 22.9. The Morgan fingerprint density at radius 1 is 1.34 bits per heavy atom. The van der Waals surface area contributed by atoms with E-state index in [1.165, 1.54) is 18.2 Å². The molecule has 1 aliphatic carbocycles. The van der Waals surface area contributed by atoms with E-state index in [-0.39, 0.29) is 19.4 Å². The topological polar surface area (TPSA) is 61.8 Å². The fourth-order valence-electron chi connectivity index (χ4n) is 4.28. The van der Waals surface area contributed by atoms with E-state index >= 15 is 0 Å². The number of hydrogen-bond donors (Lipinski definition) is 2. The summed E-state index contributed by atoms with van der Waals surface area (Å²) in [5, 5.41) is 11.7. The fourth-order valence-corrected chi connectivity index (χ4v) is 4.28. The van der Waals surface area contributed by atoms with E-state index in [0.29, 0.717) is 38.0 Å². The van der Waals surface area contributed by atoms with Crippen molar-refractivity contribution in [1.29, 1.82) is 0 Å². The molecule has 5 nitrogen and oxygen atoms in total. The molecule has 1 heterocycles. The quantitative estimate of drug-likeness (QED) is 0.533. The van der Waals surface area contributed by atoms with Gasteiger partial charge in [-0.15, -0.1) is 0 Å². The van der Waals surface area contributed by atoms with E-state index in [2.05, 4.69) is 46.3 Å². The van der Waals surface area contributed by atoms with Crippen molar-refractivity contribution in [2.75, 3.05) is 40.4 Å². The molecule has 0 bridgehead atoms. The molecule has 1 saturated carbocycles. The van der Waals surface area contributed by atoms with Crippen LogP contribution in [0.3, 0.4) is 0 Å². The molecule has 0 amide bonds. The van der Waals surface area contributed by atoms with Gasteiger partial charge in [0.1, 0.15) is 6.29 Å². The second-order valence-corrected chi connectivity index (χ2v) is 8.00. The van der Waals surface area contributed by atoms with Gasteiger partial charge in [0.25, 0.3) is 0 Å². The first-order valence-corrected chi connectivity index (χ1v) is 10.3. The van der Waals surface area contributed by atoms with Crippen molar-refractivity contribution in [3.8, 4) is 0 Å². The van der Waals surface area contributed by atoms with Gasteiger partial charge >= 0.3 is 0 Å². The Labute approximate surface area is 172 Å². The van der Waals surface area contributed by atoms with Crippen LogP contribution in [0.2, 0.25) is 0 Å². The van der Waals surface area contributed by atoms with E-state index in [0.717, 1.165) is 19.3 Å². The SMILES string of the molecule is CN1CCc2ccccc2C1C1CCC(F)(F)CC1.COCC(O)CNCC=O. The van der Waals surface area contributed by atoms with Crippen molar-refractivity contribution < 1.29 is 23.4 Å². The molecule has 2 unspecified atom stereocenters. The van der Waals surface area contributed by atoms with Crippen LogP contribution in [-0.2, 0) is 16.0 Å². The molecular weight excluding hydrogens is 378 g/mol. The molecule has 0 aromatic heterocycles. The Morgan fingerprint density at radius 3 is 2.69 bits per heavy atom. The number of benzene rings is 1. The number of likely N-dealkylation sites (N-methyl/N-ethyl adjacent to an activating group) is 1. The van der Waals surface area contributed by atoms with Crippen molar-refractivity contribution in [3.05, 3.63) is 35.4 Å². The van der Waals surface area contributed by atoms with Gasteiger partial charge in [0.05, 0.1) is 19.3 Å². The zero-order valence-electron chi connectivity index (χ0n) is 17.4. The van der Waals surface area contributed by atoms with Gasteiger partial charge in [0.15, 0.2) is 0 Å². The van der Waals surface area contributed by atoms with E-state index in [9.17, 15) is 13.6 Å². The number of carbonyl (C=O) groups excluding carboxylic acids is 1. The van der Waals surface area contributed by atoms with Gasteiger partial charge in [-0.25, -0.2) is 8.78 Å². The summed E-state index contributed by atoms with van der Waals surface area (Å²) in [5.41, 5.74) is 2.77. The van der Waals surface area contributed by atoms with Gasteiger partial charge in [-0.1, -0.05) is 24.3 Å². The predicted molar refractivity (Wildman–Crippen MR) is 109 cm³/mol. The van der Waals surface area contributed by atoms with Gasteiger partial charge < -0.3 is 20.0 Å². The Hall–Kier alpha value is -1.41. The van der Waals surface area contributed by atoms with Crippen molar-refractivity contribution in [2.24, 2.45) is 5.92 Å². The molecular formula is C22H34F2N2O3. The lowest BCUT2D eigenvalue weighted by Gasteiger charge is -2.42. The monoisotopic (exact) mass is 412 g/mol. The average molecular weight is 413 g/mol. The second kappa shape index (κ2) is 11.7. The van der Waals surface area contributed by atoms with Crippen LogP contribution in [0.5, 0.6) is 0 Å². The molecule has 2 N–H and O–H groups in total. The molecule has 0 spiro atoms. The largest absolute Gasteiger partial charge is 0.389 e. The Kier molecular flexibility index (Phi) is 9.62. The molecule has 0 radical (unpaired) electrons. The molecule has 0 saturated heterocycles. The van der Waals surface area contributed by atoms with Crippen LogP contribution < -0.4 is 5.32 Å². The summed E-state index contributed by atoms with van der Waals surface area (Å²) in [6, 6.07) is 8.86. The molecule has 2 atom stereocenters. The fraction of sp³-hybridized carbons (Fsp3) is 0.682. The summed E-state index contributed by atoms with van der Waals surface area (Å²) < 4.78 is 31.3. The molecule has 29 heavy (non-hydrogen) atoms. The third kappa shape index (κ3) is 7.41. The number of fused-ring (bicyclic) bond motifs is 1. The summed E-state index contributed by atoms with van der Waals surface area (Å²) in [4.78, 5) is 12.1. The zero-order valence-corrected chi connectivity index (χ0v) is 17.4. The maximum atomic E-state index is 13.3. The Morgan fingerprint density at radius 2 is 2.03 bits per heavy atom. The number of aliphatic hydroxyl groups is 1. The van der Waals surface area contributed by atoms with Crippen LogP contribution >= 0.6 is 0 Å². The van der Waals surface area contributed by atoms with E-state index in [1.54, 1.807) is 0 Å². The maximum absolute atomic E-state index is 13.3. The molecule has 1 aromatic rings. The number of halogens is 2. The van der Waals surface area contributed by atoms with E-state index < -0.39 is 12.0 Å². The third-order valence-corrected chi connectivity index (χ3v) is 5.76. The van der Waals surface area contributed by atoms with Gasteiger partial charge in [0.2, 0.25) is 5.92 Å². The minimum absolute atomic E-state index is 0.0597. The van der Waals surface area contributed by atoms with Crippen molar-refractivity contribution in [2.45, 2.75) is 50.2 Å². The highest BCUT2D eigenvalue weighted by atomic mass is 19.3. The van der Waals surface area contributed by atoms with Crippen LogP contribution in [0, 0.1) is 5.92 Å². The van der Waals surface area contributed by atoms with Crippen molar-refractivity contribution >= 4 is 6.29 Å². The van der Waals surface area contributed by atoms with Gasteiger partial charge in [-0.2, -0.15) is 0 Å². The number of rotatable bonds is 7. The molecule has 7 heteroatoms. The number of nitrogens with zero attached hydrogens (tertiary/aromatic N) is 1. The maximum Gasteiger partial charge on any atom is 0.248 e. The van der Waals surface area contributed by atoms with Gasteiger partial charge in [0, 0.05) is 39.1 Å². The van der Waals surface area contributed by atoms with Crippen molar-refractivity contribution in [1.82, 2.24) is 10.2 Å². The number of aliphatic hydroxyl groups excluding tert-OH is 1. The first kappa shape index (κ1) is 23.9. The highest BCUT2D eigenvalue weighted by Crippen LogP contribution is 2.45. The highest BCUT2D eigenvalue weighted by molar-refractivity contribution is 5.51. The number of ether oxygens (including phenoxy) is 1. The number of alkyl halides is 2. The number of carbonyl (C=O) groups is 1. The number of nitrogens with one attached hydrogen (secondary N) is 1. The molecule has 164 valence electrons. The Balaban J connectivity index is 0.000000257. The first-order valence-electron chi connectivity index (χ1n) is 10.3. The van der Waals surface area contributed by atoms with Gasteiger partial charge in [-0.05, 0) is 43.4 Å². The number of hydrogen-bond acceptors (Lipinski definition) is 5. The summed E-state index contributed by atoms with van der Waals surface area (Å²) in [6.45, 7) is 2.01. The summed E-state index contributed by atoms with van der Waals surface area (Å²) >= 11 is 0. The van der Waals surface area contributed by atoms with Crippen LogP contribution in [0.25, 0.3) is 0 Å². The van der Waals surface area contributed by atoms with Crippen LogP contribution in [0.4, 0.5) is 8.78 Å². The molecule has 2 aliphatic rings. The lowest BCUT2D eigenvalue weighted by atomic mass is 9.76. The first-order chi connectivity index (χ1) is 13.9. The zero-order chi connectivity index (χ0) is 21.3. The molecule has 1 fully saturated rings.